The molecule has 40 heavy (non-hydrogen) atoms. The van der Waals surface area contributed by atoms with Crippen molar-refractivity contribution < 1.29 is 38.0 Å². The van der Waals surface area contributed by atoms with E-state index in [-0.39, 0.29) is 17.0 Å². The lowest BCUT2D eigenvalue weighted by Gasteiger charge is -2.26. The van der Waals surface area contributed by atoms with Crippen LogP contribution in [-0.4, -0.2) is 44.7 Å². The summed E-state index contributed by atoms with van der Waals surface area (Å²) in [4.78, 5) is 28.2. The summed E-state index contributed by atoms with van der Waals surface area (Å²) >= 11 is 0. The Morgan fingerprint density at radius 1 is 0.925 bits per heavy atom. The second-order valence-corrected chi connectivity index (χ2v) is 9.79. The smallest absolute Gasteiger partial charge is 0.300 e. The molecule has 1 unspecified atom stereocenters. The Morgan fingerprint density at radius 2 is 1.55 bits per heavy atom. The number of hydrogen-bond donors (Lipinski definition) is 1. The van der Waals surface area contributed by atoms with Crippen molar-refractivity contribution in [3.8, 4) is 23.0 Å². The van der Waals surface area contributed by atoms with Gasteiger partial charge in [-0.2, -0.15) is 0 Å². The molecule has 0 radical (unpaired) electrons. The van der Waals surface area contributed by atoms with Crippen LogP contribution in [0.4, 0.5) is 10.1 Å². The Kier molecular flexibility index (Phi) is 8.32. The number of benzene rings is 3. The second-order valence-electron chi connectivity index (χ2n) is 9.79. The fourth-order valence-corrected chi connectivity index (χ4v) is 4.65. The zero-order chi connectivity index (χ0) is 29.1. The minimum Gasteiger partial charge on any atom is -0.507 e. The van der Waals surface area contributed by atoms with Crippen LogP contribution in [0, 0.1) is 18.7 Å². The van der Waals surface area contributed by atoms with Gasteiger partial charge in [0.15, 0.2) is 11.5 Å². The van der Waals surface area contributed by atoms with E-state index < -0.39 is 23.5 Å². The maximum absolute atomic E-state index is 13.8. The minimum absolute atomic E-state index is 0.140. The molecule has 4 rings (SSSR count). The summed E-state index contributed by atoms with van der Waals surface area (Å²) in [5, 5.41) is 11.5. The predicted octanol–water partition coefficient (Wildman–Crippen LogP) is 5.82. The van der Waals surface area contributed by atoms with Crippen LogP contribution in [0.3, 0.4) is 0 Å². The highest BCUT2D eigenvalue weighted by Crippen LogP contribution is 2.47. The normalized spacial score (nSPS) is 16.4. The molecule has 1 N–H and O–H groups in total. The predicted molar refractivity (Wildman–Crippen MR) is 149 cm³/mol. The Labute approximate surface area is 232 Å². The number of nitrogens with zero attached hydrogens (tertiary/aromatic N) is 1. The van der Waals surface area contributed by atoms with Crippen LogP contribution in [-0.2, 0) is 9.59 Å². The molecule has 0 saturated carbocycles. The summed E-state index contributed by atoms with van der Waals surface area (Å²) in [6.07, 6.45) is 0. The number of Topliss-reactive ketones (excluding diaryl/α,β-unsaturated/α-hetero) is 1. The molecule has 0 aromatic heterocycles. The topological polar surface area (TPSA) is 94.5 Å². The van der Waals surface area contributed by atoms with E-state index in [0.29, 0.717) is 46.6 Å². The molecule has 0 bridgehead atoms. The van der Waals surface area contributed by atoms with Gasteiger partial charge >= 0.3 is 0 Å². The number of amides is 1. The van der Waals surface area contributed by atoms with Gasteiger partial charge in [0.25, 0.3) is 11.7 Å². The van der Waals surface area contributed by atoms with Crippen LogP contribution in [0.15, 0.2) is 60.2 Å². The van der Waals surface area contributed by atoms with Gasteiger partial charge in [-0.05, 0) is 78.6 Å². The van der Waals surface area contributed by atoms with Crippen LogP contribution in [0.25, 0.3) is 5.76 Å². The second kappa shape index (κ2) is 11.7. The molecule has 3 aromatic carbocycles. The number of halogens is 1. The van der Waals surface area contributed by atoms with E-state index in [1.807, 2.05) is 20.8 Å². The average Bonchev–Trinajstić information content (AvgIpc) is 3.21. The van der Waals surface area contributed by atoms with Crippen molar-refractivity contribution in [2.45, 2.75) is 26.8 Å². The Hall–Kier alpha value is -4.53. The highest BCUT2D eigenvalue weighted by atomic mass is 19.1. The Morgan fingerprint density at radius 3 is 2.08 bits per heavy atom. The van der Waals surface area contributed by atoms with Crippen LogP contribution in [0.5, 0.6) is 23.0 Å². The number of rotatable bonds is 9. The van der Waals surface area contributed by atoms with Gasteiger partial charge < -0.3 is 24.1 Å². The molecule has 210 valence electrons. The fraction of sp³-hybridized carbons (Fsp3) is 0.290. The molecule has 0 spiro atoms. The molecule has 1 amide bonds. The maximum atomic E-state index is 13.8. The van der Waals surface area contributed by atoms with Gasteiger partial charge in [0.2, 0.25) is 5.75 Å². The summed E-state index contributed by atoms with van der Waals surface area (Å²) in [5.41, 5.74) is 1.63. The third-order valence-electron chi connectivity index (χ3n) is 6.57. The summed E-state index contributed by atoms with van der Waals surface area (Å²) in [6, 6.07) is 12.4. The van der Waals surface area contributed by atoms with Crippen molar-refractivity contribution in [3.63, 3.8) is 0 Å². The third kappa shape index (κ3) is 5.32. The van der Waals surface area contributed by atoms with E-state index in [4.69, 9.17) is 18.9 Å². The first kappa shape index (κ1) is 28.5. The summed E-state index contributed by atoms with van der Waals surface area (Å²) < 4.78 is 36.1. The van der Waals surface area contributed by atoms with Crippen molar-refractivity contribution >= 4 is 23.1 Å². The molecular formula is C31H32FNO7. The molecule has 1 atom stereocenters. The van der Waals surface area contributed by atoms with Gasteiger partial charge in [0.1, 0.15) is 17.3 Å². The molecule has 1 heterocycles. The lowest BCUT2D eigenvalue weighted by molar-refractivity contribution is -0.132. The van der Waals surface area contributed by atoms with Gasteiger partial charge in [-0.25, -0.2) is 4.39 Å². The van der Waals surface area contributed by atoms with Crippen molar-refractivity contribution in [2.75, 3.05) is 32.8 Å². The van der Waals surface area contributed by atoms with Gasteiger partial charge in [0, 0.05) is 11.3 Å². The van der Waals surface area contributed by atoms with Crippen molar-refractivity contribution in [2.24, 2.45) is 5.92 Å². The fourth-order valence-electron chi connectivity index (χ4n) is 4.65. The summed E-state index contributed by atoms with van der Waals surface area (Å²) in [5.74, 6) is -0.737. The minimum atomic E-state index is -1.09. The molecule has 0 aliphatic carbocycles. The molecule has 8 nitrogen and oxygen atoms in total. The van der Waals surface area contributed by atoms with Gasteiger partial charge in [-0.1, -0.05) is 13.8 Å². The number of aryl methyl sites for hydroxylation is 1. The van der Waals surface area contributed by atoms with Gasteiger partial charge in [0.05, 0.1) is 39.6 Å². The monoisotopic (exact) mass is 549 g/mol. The van der Waals surface area contributed by atoms with Crippen LogP contribution in [0.1, 0.15) is 36.6 Å². The number of carbonyl (C=O) groups is 2. The highest BCUT2D eigenvalue weighted by molar-refractivity contribution is 6.51. The summed E-state index contributed by atoms with van der Waals surface area (Å²) in [6.45, 7) is 6.44. The zero-order valence-corrected chi connectivity index (χ0v) is 23.3. The van der Waals surface area contributed by atoms with E-state index in [2.05, 4.69) is 0 Å². The quantitative estimate of drug-likeness (QED) is 0.204. The average molecular weight is 550 g/mol. The largest absolute Gasteiger partial charge is 0.507 e. The van der Waals surface area contributed by atoms with Crippen molar-refractivity contribution in [1.82, 2.24) is 0 Å². The van der Waals surface area contributed by atoms with E-state index in [9.17, 15) is 19.1 Å². The first-order chi connectivity index (χ1) is 19.1. The number of hydrogen-bond acceptors (Lipinski definition) is 7. The maximum Gasteiger partial charge on any atom is 0.300 e. The molecular weight excluding hydrogens is 517 g/mol. The van der Waals surface area contributed by atoms with E-state index in [0.717, 1.165) is 5.56 Å². The zero-order valence-electron chi connectivity index (χ0n) is 23.3. The third-order valence-corrected chi connectivity index (χ3v) is 6.57. The first-order valence-corrected chi connectivity index (χ1v) is 12.7. The number of methoxy groups -OCH3 is 3. The van der Waals surface area contributed by atoms with Crippen molar-refractivity contribution in [3.05, 3.63) is 82.7 Å². The van der Waals surface area contributed by atoms with E-state index >= 15 is 0 Å². The van der Waals surface area contributed by atoms with Crippen molar-refractivity contribution in [1.29, 1.82) is 0 Å². The molecule has 3 aromatic rings. The number of aliphatic hydroxyl groups excluding tert-OH is 1. The number of ketones is 1. The number of ether oxygens (including phenoxy) is 4. The van der Waals surface area contributed by atoms with Crippen LogP contribution < -0.4 is 23.8 Å². The standard InChI is InChI=1S/C31H32FNO7/c1-17(2)16-40-23-12-7-19(13-18(23)3)28(34)26-27(20-14-24(37-4)30(39-6)25(15-20)38-5)33(31(36)29(26)35)22-10-8-21(32)9-11-22/h7-15,17,27,34H,16H2,1-6H3/b28-26+. The van der Waals surface area contributed by atoms with E-state index in [1.165, 1.54) is 50.5 Å². The van der Waals surface area contributed by atoms with Gasteiger partial charge in [-0.3, -0.25) is 14.5 Å². The van der Waals surface area contributed by atoms with Crippen LogP contribution >= 0.6 is 0 Å². The van der Waals surface area contributed by atoms with Gasteiger partial charge in [-0.15, -0.1) is 0 Å². The number of aliphatic hydroxyl groups is 1. The van der Waals surface area contributed by atoms with E-state index in [1.54, 1.807) is 30.3 Å². The number of anilines is 1. The molecule has 1 saturated heterocycles. The highest BCUT2D eigenvalue weighted by Gasteiger charge is 2.47. The summed E-state index contributed by atoms with van der Waals surface area (Å²) in [7, 11) is 4.36. The Balaban J connectivity index is 1.93. The molecule has 1 aliphatic heterocycles. The molecule has 1 aliphatic rings. The lowest BCUT2D eigenvalue weighted by Crippen LogP contribution is -2.29. The lowest BCUT2D eigenvalue weighted by atomic mass is 9.94. The first-order valence-electron chi connectivity index (χ1n) is 12.7. The Bertz CT molecular complexity index is 1440. The molecule has 1 fully saturated rings. The number of carbonyl (C=O) groups excluding carboxylic acids is 2. The molecule has 9 heteroatoms. The SMILES string of the molecule is COc1cc(C2/C(=C(\O)c3ccc(OCC(C)C)c(C)c3)C(=O)C(=O)N2c2ccc(F)cc2)cc(OC)c1OC. The van der Waals surface area contributed by atoms with Crippen LogP contribution in [0.2, 0.25) is 0 Å².